The average molecular weight is 372 g/mol. The molecule has 0 N–H and O–H groups in total. The van der Waals surface area contributed by atoms with E-state index < -0.39 is 0 Å². The molecule has 1 aromatic heterocycles. The minimum Gasteiger partial charge on any atom is -0.253 e. The Morgan fingerprint density at radius 1 is 0.607 bits per heavy atom. The van der Waals surface area contributed by atoms with Crippen molar-refractivity contribution in [2.24, 2.45) is 0 Å². The molecule has 1 heteroatoms. The molecule has 0 bridgehead atoms. The van der Waals surface area contributed by atoms with Gasteiger partial charge in [0.2, 0.25) is 0 Å². The van der Waals surface area contributed by atoms with Crippen LogP contribution in [0.25, 0.3) is 11.3 Å². The summed E-state index contributed by atoms with van der Waals surface area (Å²) in [5.41, 5.74) is 6.46. The fraction of sp³-hybridized carbons (Fsp3) is 0.370. The Labute approximate surface area is 170 Å². The maximum absolute atomic E-state index is 4.99. The SMILES string of the molecule is CCCCCCCc1cc(CCCc2ccccc2)cc(-c2ccccc2)n1. The van der Waals surface area contributed by atoms with Crippen molar-refractivity contribution in [3.63, 3.8) is 0 Å². The zero-order valence-corrected chi connectivity index (χ0v) is 17.2. The second-order valence-electron chi connectivity index (χ2n) is 7.72. The van der Waals surface area contributed by atoms with E-state index in [9.17, 15) is 0 Å². The number of rotatable bonds is 11. The van der Waals surface area contributed by atoms with Crippen LogP contribution in [0, 0.1) is 0 Å². The van der Waals surface area contributed by atoms with Gasteiger partial charge in [0.1, 0.15) is 0 Å². The number of nitrogens with zero attached hydrogens (tertiary/aromatic N) is 1. The molecule has 0 spiro atoms. The highest BCUT2D eigenvalue weighted by Crippen LogP contribution is 2.21. The Bertz CT molecular complexity index is 808. The molecule has 0 fully saturated rings. The van der Waals surface area contributed by atoms with Crippen molar-refractivity contribution < 1.29 is 0 Å². The number of aryl methyl sites for hydroxylation is 3. The van der Waals surface area contributed by atoms with Crippen LogP contribution >= 0.6 is 0 Å². The van der Waals surface area contributed by atoms with Crippen molar-refractivity contribution in [2.75, 3.05) is 0 Å². The molecule has 2 aromatic carbocycles. The largest absolute Gasteiger partial charge is 0.253 e. The number of hydrogen-bond donors (Lipinski definition) is 0. The zero-order valence-electron chi connectivity index (χ0n) is 17.2. The molecule has 0 saturated carbocycles. The van der Waals surface area contributed by atoms with Crippen LogP contribution in [0.5, 0.6) is 0 Å². The lowest BCUT2D eigenvalue weighted by Gasteiger charge is -2.10. The highest BCUT2D eigenvalue weighted by molar-refractivity contribution is 5.60. The Morgan fingerprint density at radius 3 is 2.04 bits per heavy atom. The van der Waals surface area contributed by atoms with Gasteiger partial charge in [0.15, 0.2) is 0 Å². The smallest absolute Gasteiger partial charge is 0.0708 e. The third-order valence-corrected chi connectivity index (χ3v) is 5.32. The van der Waals surface area contributed by atoms with Gasteiger partial charge in [0.25, 0.3) is 0 Å². The molecule has 0 aliphatic rings. The monoisotopic (exact) mass is 371 g/mol. The van der Waals surface area contributed by atoms with E-state index in [1.807, 2.05) is 0 Å². The summed E-state index contributed by atoms with van der Waals surface area (Å²) < 4.78 is 0. The van der Waals surface area contributed by atoms with E-state index in [2.05, 4.69) is 79.7 Å². The summed E-state index contributed by atoms with van der Waals surface area (Å²) in [7, 11) is 0. The molecule has 28 heavy (non-hydrogen) atoms. The second kappa shape index (κ2) is 11.4. The van der Waals surface area contributed by atoms with Gasteiger partial charge in [0.05, 0.1) is 5.69 Å². The summed E-state index contributed by atoms with van der Waals surface area (Å²) in [5, 5.41) is 0. The highest BCUT2D eigenvalue weighted by Gasteiger charge is 2.06. The minimum atomic E-state index is 1.09. The predicted octanol–water partition coefficient (Wildman–Crippen LogP) is 7.44. The van der Waals surface area contributed by atoms with Gasteiger partial charge in [-0.1, -0.05) is 93.3 Å². The molecular formula is C27H33N. The molecule has 0 radical (unpaired) electrons. The maximum Gasteiger partial charge on any atom is 0.0708 e. The highest BCUT2D eigenvalue weighted by atomic mass is 14.7. The van der Waals surface area contributed by atoms with Crippen molar-refractivity contribution in [1.29, 1.82) is 0 Å². The first-order valence-electron chi connectivity index (χ1n) is 10.9. The lowest BCUT2D eigenvalue weighted by molar-refractivity contribution is 0.628. The molecule has 1 heterocycles. The molecule has 0 unspecified atom stereocenters. The molecule has 0 aliphatic heterocycles. The number of benzene rings is 2. The maximum atomic E-state index is 4.99. The third-order valence-electron chi connectivity index (χ3n) is 5.32. The summed E-state index contributed by atoms with van der Waals surface area (Å²) in [6, 6.07) is 26.0. The van der Waals surface area contributed by atoms with Crippen LogP contribution < -0.4 is 0 Å². The van der Waals surface area contributed by atoms with Gasteiger partial charge in [-0.3, -0.25) is 4.98 Å². The van der Waals surface area contributed by atoms with Gasteiger partial charge in [-0.05, 0) is 55.4 Å². The summed E-state index contributed by atoms with van der Waals surface area (Å²) in [5.74, 6) is 0. The van der Waals surface area contributed by atoms with E-state index in [0.717, 1.165) is 25.0 Å². The van der Waals surface area contributed by atoms with Crippen molar-refractivity contribution in [2.45, 2.75) is 64.7 Å². The van der Waals surface area contributed by atoms with Crippen molar-refractivity contribution in [1.82, 2.24) is 4.98 Å². The molecule has 0 amide bonds. The van der Waals surface area contributed by atoms with E-state index in [1.54, 1.807) is 0 Å². The Morgan fingerprint density at radius 2 is 1.29 bits per heavy atom. The van der Waals surface area contributed by atoms with Gasteiger partial charge in [-0.15, -0.1) is 0 Å². The lowest BCUT2D eigenvalue weighted by Crippen LogP contribution is -1.98. The van der Waals surface area contributed by atoms with E-state index >= 15 is 0 Å². The topological polar surface area (TPSA) is 12.9 Å². The molecular weight excluding hydrogens is 338 g/mol. The summed E-state index contributed by atoms with van der Waals surface area (Å²) in [6.45, 7) is 2.27. The van der Waals surface area contributed by atoms with Crippen molar-refractivity contribution in [3.05, 3.63) is 89.6 Å². The molecule has 3 rings (SSSR count). The van der Waals surface area contributed by atoms with Crippen molar-refractivity contribution >= 4 is 0 Å². The number of hydrogen-bond acceptors (Lipinski definition) is 1. The Hall–Kier alpha value is -2.41. The van der Waals surface area contributed by atoms with Crippen LogP contribution in [-0.2, 0) is 19.3 Å². The molecule has 0 saturated heterocycles. The van der Waals surface area contributed by atoms with Crippen LogP contribution in [0.4, 0.5) is 0 Å². The van der Waals surface area contributed by atoms with Gasteiger partial charge < -0.3 is 0 Å². The standard InChI is InChI=1S/C27H33N/c1-2-3-4-5-12-20-26-21-24(17-13-16-23-14-8-6-9-15-23)22-27(28-26)25-18-10-7-11-19-25/h6-11,14-15,18-19,21-22H,2-5,12-13,16-17,20H2,1H3. The molecule has 1 nitrogen and oxygen atoms in total. The molecule has 0 atom stereocenters. The van der Waals surface area contributed by atoms with Crippen molar-refractivity contribution in [3.8, 4) is 11.3 Å². The molecule has 146 valence electrons. The van der Waals surface area contributed by atoms with E-state index in [0.29, 0.717) is 0 Å². The fourth-order valence-corrected chi connectivity index (χ4v) is 3.73. The molecule has 0 aliphatic carbocycles. The van der Waals surface area contributed by atoms with Crippen LogP contribution in [0.3, 0.4) is 0 Å². The number of aromatic nitrogens is 1. The van der Waals surface area contributed by atoms with E-state index in [4.69, 9.17) is 4.98 Å². The quantitative estimate of drug-likeness (QED) is 0.319. The number of unbranched alkanes of at least 4 members (excludes halogenated alkanes) is 4. The number of pyridine rings is 1. The normalized spacial score (nSPS) is 10.9. The zero-order chi connectivity index (χ0) is 19.4. The first kappa shape index (κ1) is 20.3. The van der Waals surface area contributed by atoms with Gasteiger partial charge in [0, 0.05) is 11.3 Å². The molecule has 3 aromatic rings. The van der Waals surface area contributed by atoms with Gasteiger partial charge in [-0.2, -0.15) is 0 Å². The van der Waals surface area contributed by atoms with Gasteiger partial charge in [-0.25, -0.2) is 0 Å². The van der Waals surface area contributed by atoms with Gasteiger partial charge >= 0.3 is 0 Å². The van der Waals surface area contributed by atoms with Crippen LogP contribution in [0.2, 0.25) is 0 Å². The summed E-state index contributed by atoms with van der Waals surface area (Å²) in [4.78, 5) is 4.99. The predicted molar refractivity (Wildman–Crippen MR) is 121 cm³/mol. The van der Waals surface area contributed by atoms with Crippen LogP contribution in [-0.4, -0.2) is 4.98 Å². The Balaban J connectivity index is 1.67. The van der Waals surface area contributed by atoms with Crippen LogP contribution in [0.1, 0.15) is 62.3 Å². The van der Waals surface area contributed by atoms with E-state index in [-0.39, 0.29) is 0 Å². The average Bonchev–Trinajstić information content (AvgIpc) is 2.75. The first-order chi connectivity index (χ1) is 13.8. The first-order valence-corrected chi connectivity index (χ1v) is 10.9. The summed E-state index contributed by atoms with van der Waals surface area (Å²) in [6.07, 6.45) is 11.1. The second-order valence-corrected chi connectivity index (χ2v) is 7.72. The lowest BCUT2D eigenvalue weighted by atomic mass is 10.0. The fourth-order valence-electron chi connectivity index (χ4n) is 3.73. The Kier molecular flexibility index (Phi) is 8.30. The minimum absolute atomic E-state index is 1.09. The van der Waals surface area contributed by atoms with E-state index in [1.165, 1.54) is 60.9 Å². The van der Waals surface area contributed by atoms with Crippen LogP contribution in [0.15, 0.2) is 72.8 Å². The summed E-state index contributed by atoms with van der Waals surface area (Å²) >= 11 is 0. The third kappa shape index (κ3) is 6.64.